The summed E-state index contributed by atoms with van der Waals surface area (Å²) in [6.07, 6.45) is 0.610. The van der Waals surface area contributed by atoms with E-state index in [9.17, 15) is 4.79 Å². The fraction of sp³-hybridized carbons (Fsp3) is 0.556. The zero-order chi connectivity index (χ0) is 9.72. The van der Waals surface area contributed by atoms with E-state index < -0.39 is 0 Å². The van der Waals surface area contributed by atoms with Crippen LogP contribution in [0.15, 0.2) is 12.2 Å². The number of ketones is 1. The molecule has 1 radical (unpaired) electrons. The van der Waals surface area contributed by atoms with E-state index in [0.29, 0.717) is 18.0 Å². The van der Waals surface area contributed by atoms with Crippen LogP contribution in [-0.4, -0.2) is 31.3 Å². The van der Waals surface area contributed by atoms with Crippen molar-refractivity contribution in [3.8, 4) is 0 Å². The topological polar surface area (TPSA) is 46.3 Å². The van der Waals surface area contributed by atoms with Crippen LogP contribution in [0, 0.1) is 6.04 Å². The largest absolute Gasteiger partial charge is 0.317 e. The lowest BCUT2D eigenvalue weighted by Gasteiger charge is -2.12. The Kier molecular flexibility index (Phi) is 4.78. The third-order valence-corrected chi connectivity index (χ3v) is 1.51. The zero-order valence-corrected chi connectivity index (χ0v) is 8.05. The van der Waals surface area contributed by atoms with E-state index in [-0.39, 0.29) is 5.78 Å². The highest BCUT2D eigenvalue weighted by molar-refractivity contribution is 6.03. The number of nitrogens with two attached hydrogens (primary N) is 1. The van der Waals surface area contributed by atoms with Crippen molar-refractivity contribution in [1.82, 2.24) is 4.90 Å². The molecule has 0 rings (SSSR count). The average Bonchev–Trinajstić information content (AvgIpc) is 1.98. The molecule has 2 N–H and O–H groups in total. The zero-order valence-electron chi connectivity index (χ0n) is 8.05. The summed E-state index contributed by atoms with van der Waals surface area (Å²) in [5.74, 6) is -0.114. The molecule has 0 atom stereocenters. The maximum atomic E-state index is 11.2. The van der Waals surface area contributed by atoms with Crippen LogP contribution in [-0.2, 0) is 4.79 Å². The van der Waals surface area contributed by atoms with E-state index in [2.05, 4.69) is 6.58 Å². The molecule has 0 unspecified atom stereocenters. The molecule has 0 saturated heterocycles. The Labute approximate surface area is 74.2 Å². The smallest absolute Gasteiger partial charge is 0.180 e. The van der Waals surface area contributed by atoms with Gasteiger partial charge in [0.2, 0.25) is 0 Å². The molecule has 12 heavy (non-hydrogen) atoms. The number of carbonyl (C=O) groups is 1. The minimum Gasteiger partial charge on any atom is -0.317 e. The first-order valence-corrected chi connectivity index (χ1v) is 3.91. The second-order valence-electron chi connectivity index (χ2n) is 3.19. The molecule has 3 heteroatoms. The lowest BCUT2D eigenvalue weighted by Crippen LogP contribution is -2.26. The minimum atomic E-state index is -0.114. The second kappa shape index (κ2) is 5.06. The van der Waals surface area contributed by atoms with Gasteiger partial charge in [0.05, 0.1) is 0 Å². The van der Waals surface area contributed by atoms with E-state index in [1.807, 2.05) is 19.0 Å². The summed E-state index contributed by atoms with van der Waals surface area (Å²) in [6.45, 7) is 6.01. The summed E-state index contributed by atoms with van der Waals surface area (Å²) in [4.78, 5) is 13.2. The Hall–Kier alpha value is -0.670. The van der Waals surface area contributed by atoms with Gasteiger partial charge in [0.15, 0.2) is 5.78 Å². The van der Waals surface area contributed by atoms with Crippen LogP contribution in [0.1, 0.15) is 13.3 Å². The molecule has 0 aromatic carbocycles. The third-order valence-electron chi connectivity index (χ3n) is 1.51. The Morgan fingerprint density at radius 1 is 1.50 bits per heavy atom. The van der Waals surface area contributed by atoms with Crippen LogP contribution < -0.4 is 5.73 Å². The molecular weight excluding hydrogens is 152 g/mol. The van der Waals surface area contributed by atoms with E-state index in [1.54, 1.807) is 6.92 Å². The Bertz CT molecular complexity index is 175. The summed E-state index contributed by atoms with van der Waals surface area (Å²) in [5, 5.41) is 0. The van der Waals surface area contributed by atoms with Gasteiger partial charge in [0.25, 0.3) is 0 Å². The van der Waals surface area contributed by atoms with Gasteiger partial charge in [-0.2, -0.15) is 0 Å². The fourth-order valence-electron chi connectivity index (χ4n) is 0.732. The molecular formula is C9H17N2O. The van der Waals surface area contributed by atoms with Gasteiger partial charge in [-0.1, -0.05) is 6.58 Å². The summed E-state index contributed by atoms with van der Waals surface area (Å²) < 4.78 is 0. The van der Waals surface area contributed by atoms with Crippen molar-refractivity contribution in [3.63, 3.8) is 0 Å². The van der Waals surface area contributed by atoms with E-state index >= 15 is 0 Å². The van der Waals surface area contributed by atoms with Crippen LogP contribution in [0.25, 0.3) is 0 Å². The molecule has 69 valence electrons. The fourth-order valence-corrected chi connectivity index (χ4v) is 0.732. The highest BCUT2D eigenvalue weighted by atomic mass is 16.1. The predicted octanol–water partition coefficient (Wildman–Crippen LogP) is 0.574. The first-order chi connectivity index (χ1) is 5.45. The Morgan fingerprint density at radius 2 is 2.00 bits per heavy atom. The quantitative estimate of drug-likeness (QED) is 0.612. The van der Waals surface area contributed by atoms with Gasteiger partial charge < -0.3 is 10.6 Å². The van der Waals surface area contributed by atoms with Gasteiger partial charge in [-0.3, -0.25) is 4.79 Å². The predicted molar refractivity (Wildman–Crippen MR) is 50.4 cm³/mol. The first-order valence-electron chi connectivity index (χ1n) is 3.91. The van der Waals surface area contributed by atoms with Crippen molar-refractivity contribution < 1.29 is 4.79 Å². The van der Waals surface area contributed by atoms with Gasteiger partial charge in [-0.15, -0.1) is 0 Å². The number of Topliss-reactive ketones (excluding diaryl/α,β-unsaturated/α-hetero) is 1. The van der Waals surface area contributed by atoms with Crippen LogP contribution in [0.5, 0.6) is 0 Å². The van der Waals surface area contributed by atoms with Crippen molar-refractivity contribution in [3.05, 3.63) is 18.2 Å². The highest BCUT2D eigenvalue weighted by Gasteiger charge is 2.14. The second-order valence-corrected chi connectivity index (χ2v) is 3.19. The monoisotopic (exact) mass is 169 g/mol. The Balaban J connectivity index is 3.80. The van der Waals surface area contributed by atoms with E-state index in [4.69, 9.17) is 5.73 Å². The number of nitrogens with zero attached hydrogens (tertiary/aromatic N) is 1. The third kappa shape index (κ3) is 4.26. The van der Waals surface area contributed by atoms with E-state index in [1.165, 1.54) is 0 Å². The van der Waals surface area contributed by atoms with Crippen molar-refractivity contribution >= 4 is 5.78 Å². The maximum Gasteiger partial charge on any atom is 0.180 e. The van der Waals surface area contributed by atoms with Crippen molar-refractivity contribution in [1.29, 1.82) is 0 Å². The number of hydrogen-bond donors (Lipinski definition) is 1. The number of rotatable bonds is 5. The van der Waals surface area contributed by atoms with Gasteiger partial charge >= 0.3 is 0 Å². The lowest BCUT2D eigenvalue weighted by atomic mass is 10.1. The van der Waals surface area contributed by atoms with Crippen molar-refractivity contribution in [2.45, 2.75) is 13.3 Å². The summed E-state index contributed by atoms with van der Waals surface area (Å²) >= 11 is 0. The molecule has 0 spiro atoms. The molecule has 0 aliphatic carbocycles. The Morgan fingerprint density at radius 3 is 2.33 bits per heavy atom. The van der Waals surface area contributed by atoms with Gasteiger partial charge in [0, 0.05) is 0 Å². The van der Waals surface area contributed by atoms with Gasteiger partial charge in [-0.25, -0.2) is 0 Å². The summed E-state index contributed by atoms with van der Waals surface area (Å²) in [6, 6.07) is 0.399. The van der Waals surface area contributed by atoms with Crippen LogP contribution in [0.4, 0.5) is 0 Å². The molecule has 0 aromatic heterocycles. The lowest BCUT2D eigenvalue weighted by molar-refractivity contribution is -0.114. The summed E-state index contributed by atoms with van der Waals surface area (Å²) in [7, 11) is 3.89. The van der Waals surface area contributed by atoms with E-state index in [0.717, 1.165) is 6.54 Å². The van der Waals surface area contributed by atoms with Gasteiger partial charge in [0.1, 0.15) is 6.04 Å². The molecule has 0 aromatic rings. The van der Waals surface area contributed by atoms with Gasteiger partial charge in [-0.05, 0) is 39.6 Å². The summed E-state index contributed by atoms with van der Waals surface area (Å²) in [5.41, 5.74) is 6.05. The molecule has 0 aliphatic rings. The SMILES string of the molecule is C=C(C)C(=O)[C](N)CCN(C)C. The molecule has 0 aliphatic heterocycles. The molecule has 0 bridgehead atoms. The average molecular weight is 169 g/mol. The maximum absolute atomic E-state index is 11.2. The van der Waals surface area contributed by atoms with Crippen LogP contribution >= 0.6 is 0 Å². The van der Waals surface area contributed by atoms with Crippen LogP contribution in [0.2, 0.25) is 0 Å². The highest BCUT2D eigenvalue weighted by Crippen LogP contribution is 2.05. The molecule has 0 heterocycles. The number of hydrogen-bond acceptors (Lipinski definition) is 3. The first kappa shape index (κ1) is 11.3. The minimum absolute atomic E-state index is 0.114. The molecule has 0 fully saturated rings. The number of carbonyl (C=O) groups excluding carboxylic acids is 1. The molecule has 0 saturated carbocycles. The molecule has 3 nitrogen and oxygen atoms in total. The standard InChI is InChI=1S/C9H17N2O/c1-7(2)9(12)8(10)5-6-11(3)4/h1,5-6,10H2,2-4H3. The normalized spacial score (nSPS) is 10.8. The van der Waals surface area contributed by atoms with Crippen molar-refractivity contribution in [2.24, 2.45) is 5.73 Å². The molecule has 0 amide bonds. The van der Waals surface area contributed by atoms with Crippen LogP contribution in [0.3, 0.4) is 0 Å². The van der Waals surface area contributed by atoms with Crippen molar-refractivity contribution in [2.75, 3.05) is 20.6 Å².